The van der Waals surface area contributed by atoms with Gasteiger partial charge in [0.1, 0.15) is 6.67 Å². The summed E-state index contributed by atoms with van der Waals surface area (Å²) in [6.07, 6.45) is 0. The van der Waals surface area contributed by atoms with Gasteiger partial charge in [-0.25, -0.2) is 15.2 Å². The van der Waals surface area contributed by atoms with E-state index >= 15 is 0 Å². The molecule has 2 heterocycles. The lowest BCUT2D eigenvalue weighted by Gasteiger charge is -2.06. The lowest BCUT2D eigenvalue weighted by atomic mass is 10.3. The lowest BCUT2D eigenvalue weighted by Crippen LogP contribution is -2.30. The maximum Gasteiger partial charge on any atom is 0.285 e. The van der Waals surface area contributed by atoms with Gasteiger partial charge < -0.3 is 0 Å². The number of aryl methyl sites for hydroxylation is 3. The Balaban J connectivity index is 2.27. The second kappa shape index (κ2) is 4.61. The maximum atomic E-state index is 11.4. The number of aromatic nitrogens is 4. The van der Waals surface area contributed by atoms with E-state index in [1.54, 1.807) is 10.7 Å². The SMILES string of the molecule is Cc1cc(C)n(Cn2nc(C(=O)NN)cc2C)n1. The summed E-state index contributed by atoms with van der Waals surface area (Å²) in [5.74, 6) is 4.68. The Bertz CT molecular complexity index is 582. The van der Waals surface area contributed by atoms with Gasteiger partial charge in [0.25, 0.3) is 5.91 Å². The molecule has 3 N–H and O–H groups in total. The van der Waals surface area contributed by atoms with Crippen LogP contribution < -0.4 is 11.3 Å². The molecule has 7 nitrogen and oxygen atoms in total. The fraction of sp³-hybridized carbons (Fsp3) is 0.364. The summed E-state index contributed by atoms with van der Waals surface area (Å²) in [7, 11) is 0. The Morgan fingerprint density at radius 3 is 2.39 bits per heavy atom. The molecule has 2 aromatic rings. The highest BCUT2D eigenvalue weighted by atomic mass is 16.2. The third-order valence-electron chi connectivity index (χ3n) is 2.72. The second-order valence-corrected chi connectivity index (χ2v) is 4.21. The minimum Gasteiger partial charge on any atom is -0.289 e. The van der Waals surface area contributed by atoms with Crippen LogP contribution in [0, 0.1) is 20.8 Å². The predicted octanol–water partition coefficient (Wildman–Crippen LogP) is 0.114. The van der Waals surface area contributed by atoms with Gasteiger partial charge in [-0.3, -0.25) is 10.2 Å². The summed E-state index contributed by atoms with van der Waals surface area (Å²) in [6, 6.07) is 3.68. The molecular weight excluding hydrogens is 232 g/mol. The van der Waals surface area contributed by atoms with Crippen LogP contribution in [0.15, 0.2) is 12.1 Å². The molecule has 0 atom stereocenters. The molecule has 0 fully saturated rings. The number of hydrogen-bond acceptors (Lipinski definition) is 4. The highest BCUT2D eigenvalue weighted by molar-refractivity contribution is 5.91. The predicted molar refractivity (Wildman–Crippen MR) is 65.7 cm³/mol. The van der Waals surface area contributed by atoms with Crippen LogP contribution in [0.3, 0.4) is 0 Å². The molecular formula is C11H16N6O. The standard InChI is InChI=1S/C11H16N6O/c1-7-4-8(2)16(14-7)6-17-9(3)5-10(15-17)11(18)13-12/h4-5H,6,12H2,1-3H3,(H,13,18). The number of nitrogens with zero attached hydrogens (tertiary/aromatic N) is 4. The third kappa shape index (κ3) is 2.25. The molecule has 96 valence electrons. The second-order valence-electron chi connectivity index (χ2n) is 4.21. The summed E-state index contributed by atoms with van der Waals surface area (Å²) in [6.45, 7) is 6.27. The van der Waals surface area contributed by atoms with Gasteiger partial charge in [-0.2, -0.15) is 10.2 Å². The van der Waals surface area contributed by atoms with Gasteiger partial charge >= 0.3 is 0 Å². The molecule has 0 radical (unpaired) electrons. The van der Waals surface area contributed by atoms with Gasteiger partial charge in [0.2, 0.25) is 0 Å². The number of carbonyl (C=O) groups excluding carboxylic acids is 1. The zero-order valence-corrected chi connectivity index (χ0v) is 10.6. The van der Waals surface area contributed by atoms with Crippen LogP contribution in [0.25, 0.3) is 0 Å². The highest BCUT2D eigenvalue weighted by Crippen LogP contribution is 2.06. The van der Waals surface area contributed by atoms with E-state index in [2.05, 4.69) is 15.6 Å². The Labute approximate surface area is 105 Å². The van der Waals surface area contributed by atoms with Gasteiger partial charge in [0.05, 0.1) is 5.69 Å². The summed E-state index contributed by atoms with van der Waals surface area (Å²) < 4.78 is 3.55. The third-order valence-corrected chi connectivity index (χ3v) is 2.72. The first-order chi connectivity index (χ1) is 8.51. The molecule has 0 unspecified atom stereocenters. The van der Waals surface area contributed by atoms with Crippen LogP contribution in [-0.2, 0) is 6.67 Å². The van der Waals surface area contributed by atoms with Crippen molar-refractivity contribution in [3.8, 4) is 0 Å². The van der Waals surface area contributed by atoms with Gasteiger partial charge in [-0.1, -0.05) is 0 Å². The van der Waals surface area contributed by atoms with Crippen molar-refractivity contribution in [3.63, 3.8) is 0 Å². The maximum absolute atomic E-state index is 11.4. The Hall–Kier alpha value is -2.15. The molecule has 0 saturated carbocycles. The summed E-state index contributed by atoms with van der Waals surface area (Å²) >= 11 is 0. The molecule has 0 aliphatic heterocycles. The summed E-state index contributed by atoms with van der Waals surface area (Å²) in [5.41, 5.74) is 5.25. The zero-order chi connectivity index (χ0) is 13.3. The number of nitrogen functional groups attached to an aromatic ring is 1. The molecule has 0 aromatic carbocycles. The molecule has 2 aromatic heterocycles. The molecule has 18 heavy (non-hydrogen) atoms. The highest BCUT2D eigenvalue weighted by Gasteiger charge is 2.11. The molecule has 0 spiro atoms. The first-order valence-electron chi connectivity index (χ1n) is 5.57. The normalized spacial score (nSPS) is 10.7. The largest absolute Gasteiger partial charge is 0.289 e. The average molecular weight is 248 g/mol. The molecule has 0 bridgehead atoms. The number of rotatable bonds is 3. The zero-order valence-electron chi connectivity index (χ0n) is 10.6. The first kappa shape index (κ1) is 12.3. The van der Waals surface area contributed by atoms with E-state index in [1.165, 1.54) is 0 Å². The van der Waals surface area contributed by atoms with Crippen molar-refractivity contribution in [3.05, 3.63) is 34.9 Å². The van der Waals surface area contributed by atoms with Crippen molar-refractivity contribution in [2.75, 3.05) is 0 Å². The number of amides is 1. The molecule has 0 aliphatic carbocycles. The molecule has 0 aliphatic rings. The van der Waals surface area contributed by atoms with E-state index in [0.717, 1.165) is 17.1 Å². The quantitative estimate of drug-likeness (QED) is 0.458. The smallest absolute Gasteiger partial charge is 0.285 e. The molecule has 1 amide bonds. The number of nitrogens with two attached hydrogens (primary N) is 1. The van der Waals surface area contributed by atoms with Crippen molar-refractivity contribution in [2.24, 2.45) is 5.84 Å². The number of carbonyl (C=O) groups is 1. The lowest BCUT2D eigenvalue weighted by molar-refractivity contribution is 0.0947. The van der Waals surface area contributed by atoms with Crippen LogP contribution in [0.5, 0.6) is 0 Å². The van der Waals surface area contributed by atoms with E-state index in [4.69, 9.17) is 5.84 Å². The fourth-order valence-corrected chi connectivity index (χ4v) is 1.78. The summed E-state index contributed by atoms with van der Waals surface area (Å²) in [4.78, 5) is 11.4. The minimum absolute atomic E-state index is 0.302. The van der Waals surface area contributed by atoms with Crippen molar-refractivity contribution in [2.45, 2.75) is 27.4 Å². The van der Waals surface area contributed by atoms with Crippen LogP contribution in [0.4, 0.5) is 0 Å². The minimum atomic E-state index is -0.398. The first-order valence-corrected chi connectivity index (χ1v) is 5.57. The van der Waals surface area contributed by atoms with E-state index in [1.807, 2.05) is 31.5 Å². The summed E-state index contributed by atoms with van der Waals surface area (Å²) in [5, 5.41) is 8.54. The van der Waals surface area contributed by atoms with Gasteiger partial charge in [-0.15, -0.1) is 0 Å². The van der Waals surface area contributed by atoms with Crippen molar-refractivity contribution in [1.29, 1.82) is 0 Å². The Morgan fingerprint density at radius 2 is 1.83 bits per heavy atom. The van der Waals surface area contributed by atoms with Crippen LogP contribution >= 0.6 is 0 Å². The Kier molecular flexibility index (Phi) is 3.15. The number of hydrogen-bond donors (Lipinski definition) is 2. The van der Waals surface area contributed by atoms with Crippen molar-refractivity contribution < 1.29 is 4.79 Å². The van der Waals surface area contributed by atoms with Crippen molar-refractivity contribution in [1.82, 2.24) is 25.0 Å². The van der Waals surface area contributed by atoms with E-state index in [0.29, 0.717) is 12.4 Å². The van der Waals surface area contributed by atoms with Gasteiger partial charge in [0.15, 0.2) is 5.69 Å². The average Bonchev–Trinajstić information content (AvgIpc) is 2.83. The molecule has 0 saturated heterocycles. The van der Waals surface area contributed by atoms with Crippen LogP contribution in [-0.4, -0.2) is 25.5 Å². The monoisotopic (exact) mass is 248 g/mol. The number of nitrogens with one attached hydrogen (secondary N) is 1. The van der Waals surface area contributed by atoms with Crippen LogP contribution in [0.2, 0.25) is 0 Å². The van der Waals surface area contributed by atoms with Gasteiger partial charge in [0, 0.05) is 11.4 Å². The van der Waals surface area contributed by atoms with Crippen molar-refractivity contribution >= 4 is 5.91 Å². The fourth-order valence-electron chi connectivity index (χ4n) is 1.78. The molecule has 7 heteroatoms. The van der Waals surface area contributed by atoms with Gasteiger partial charge in [-0.05, 0) is 32.9 Å². The number of hydrazine groups is 1. The van der Waals surface area contributed by atoms with E-state index in [9.17, 15) is 4.79 Å². The van der Waals surface area contributed by atoms with Crippen LogP contribution in [0.1, 0.15) is 27.6 Å². The molecule has 2 rings (SSSR count). The Morgan fingerprint density at radius 1 is 1.22 bits per heavy atom. The van der Waals surface area contributed by atoms with E-state index in [-0.39, 0.29) is 0 Å². The van der Waals surface area contributed by atoms with E-state index < -0.39 is 5.91 Å². The topological polar surface area (TPSA) is 90.8 Å².